The Morgan fingerprint density at radius 1 is 1.21 bits per heavy atom. The van der Waals surface area contributed by atoms with E-state index in [0.717, 1.165) is 0 Å². The quantitative estimate of drug-likeness (QED) is 0.558. The van der Waals surface area contributed by atoms with Crippen LogP contribution in [0.5, 0.6) is 5.75 Å². The SMILES string of the molecule is CCOc1ccc(Cc2cc([C@]34OC[C@](C(=O)N(C)C)(O3)[C@@H](O)[C@H](O)[C@H]4O)ccc2Cl)cc1F. The van der Waals surface area contributed by atoms with Crippen LogP contribution in [0.1, 0.15) is 23.6 Å². The Hall–Kier alpha value is -2.27. The van der Waals surface area contributed by atoms with Crippen molar-refractivity contribution in [3.63, 3.8) is 0 Å². The standard InChI is InChI=1S/C24H27ClFNO7/c1-4-32-18-8-5-13(10-17(18)26)9-14-11-15(6-7-16(14)25)24-21(30)19(28)20(29)23(34-24,12-33-24)22(31)27(2)3/h5-8,10-11,19-21,28-30H,4,9,12H2,1-3H3/t19-,20-,21+,23-,24-/m0/s1. The first-order chi connectivity index (χ1) is 16.1. The molecule has 10 heteroatoms. The molecule has 5 atom stereocenters. The number of aliphatic hydroxyl groups is 3. The first kappa shape index (κ1) is 24.8. The maximum absolute atomic E-state index is 14.3. The van der Waals surface area contributed by atoms with Crippen molar-refractivity contribution in [2.75, 3.05) is 27.3 Å². The zero-order chi connectivity index (χ0) is 24.8. The highest BCUT2D eigenvalue weighted by Gasteiger charge is 2.70. The minimum atomic E-state index is -1.91. The third-order valence-electron chi connectivity index (χ3n) is 6.26. The minimum Gasteiger partial charge on any atom is -0.491 e. The summed E-state index contributed by atoms with van der Waals surface area (Å²) in [5, 5.41) is 32.5. The largest absolute Gasteiger partial charge is 0.491 e. The van der Waals surface area contributed by atoms with E-state index in [1.165, 1.54) is 31.1 Å². The van der Waals surface area contributed by atoms with Gasteiger partial charge in [0.05, 0.1) is 13.2 Å². The Morgan fingerprint density at radius 2 is 1.94 bits per heavy atom. The maximum Gasteiger partial charge on any atom is 0.259 e. The van der Waals surface area contributed by atoms with E-state index < -0.39 is 41.4 Å². The molecule has 0 spiro atoms. The molecule has 8 nitrogen and oxygen atoms in total. The fourth-order valence-corrected chi connectivity index (χ4v) is 4.69. The summed E-state index contributed by atoms with van der Waals surface area (Å²) in [7, 11) is 2.97. The molecule has 34 heavy (non-hydrogen) atoms. The van der Waals surface area contributed by atoms with Crippen molar-refractivity contribution in [3.8, 4) is 5.75 Å². The number of hydrogen-bond acceptors (Lipinski definition) is 7. The fourth-order valence-electron chi connectivity index (χ4n) is 4.51. The first-order valence-electron chi connectivity index (χ1n) is 10.9. The lowest BCUT2D eigenvalue weighted by Gasteiger charge is -2.46. The third-order valence-corrected chi connectivity index (χ3v) is 6.62. The second kappa shape index (κ2) is 9.07. The van der Waals surface area contributed by atoms with Crippen LogP contribution in [0.4, 0.5) is 4.39 Å². The molecule has 184 valence electrons. The van der Waals surface area contributed by atoms with Gasteiger partial charge in [0, 0.05) is 24.7 Å². The van der Waals surface area contributed by atoms with Crippen LogP contribution < -0.4 is 4.74 Å². The summed E-state index contributed by atoms with van der Waals surface area (Å²) in [5.74, 6) is -2.86. The Bertz CT molecular complexity index is 1100. The number of carbonyl (C=O) groups excluding carboxylic acids is 1. The lowest BCUT2D eigenvalue weighted by molar-refractivity contribution is -0.320. The molecule has 0 radical (unpaired) electrons. The van der Waals surface area contributed by atoms with Gasteiger partial charge < -0.3 is 34.4 Å². The minimum absolute atomic E-state index is 0.150. The number of aliphatic hydroxyl groups excluding tert-OH is 3. The molecule has 1 amide bonds. The van der Waals surface area contributed by atoms with Gasteiger partial charge in [-0.3, -0.25) is 4.79 Å². The van der Waals surface area contributed by atoms with Gasteiger partial charge in [-0.1, -0.05) is 23.7 Å². The molecule has 2 bridgehead atoms. The number of amides is 1. The molecule has 2 fully saturated rings. The van der Waals surface area contributed by atoms with E-state index in [1.54, 1.807) is 31.2 Å². The second-order valence-corrected chi connectivity index (χ2v) is 9.12. The second-order valence-electron chi connectivity index (χ2n) is 8.71. The number of benzene rings is 2. The predicted octanol–water partition coefficient (Wildman–Crippen LogP) is 1.59. The molecule has 0 unspecified atom stereocenters. The van der Waals surface area contributed by atoms with Crippen LogP contribution in [-0.2, 0) is 26.5 Å². The highest BCUT2D eigenvalue weighted by Crippen LogP contribution is 2.50. The zero-order valence-electron chi connectivity index (χ0n) is 19.0. The highest BCUT2D eigenvalue weighted by atomic mass is 35.5. The molecule has 2 heterocycles. The summed E-state index contributed by atoms with van der Waals surface area (Å²) in [5.41, 5.74) is -0.388. The van der Waals surface area contributed by atoms with Crippen LogP contribution in [-0.4, -0.2) is 77.3 Å². The summed E-state index contributed by atoms with van der Waals surface area (Å²) in [6.45, 7) is 1.73. The summed E-state index contributed by atoms with van der Waals surface area (Å²) in [6, 6.07) is 9.34. The van der Waals surface area contributed by atoms with E-state index in [9.17, 15) is 24.5 Å². The van der Waals surface area contributed by atoms with Gasteiger partial charge in [-0.2, -0.15) is 0 Å². The number of rotatable bonds is 6. The number of fused-ring (bicyclic) bond motifs is 2. The lowest BCUT2D eigenvalue weighted by atomic mass is 9.82. The smallest absolute Gasteiger partial charge is 0.259 e. The number of likely N-dealkylation sites (N-methyl/N-ethyl adjacent to an activating group) is 1. The monoisotopic (exact) mass is 495 g/mol. The van der Waals surface area contributed by atoms with E-state index in [4.69, 9.17) is 25.8 Å². The molecule has 2 aromatic rings. The molecule has 0 aromatic heterocycles. The zero-order valence-corrected chi connectivity index (χ0v) is 19.8. The molecule has 4 rings (SSSR count). The summed E-state index contributed by atoms with van der Waals surface area (Å²) in [6.07, 6.45) is -4.86. The van der Waals surface area contributed by atoms with Gasteiger partial charge in [0.2, 0.25) is 11.4 Å². The number of carbonyl (C=O) groups is 1. The molecule has 2 aliphatic rings. The van der Waals surface area contributed by atoms with Crippen LogP contribution in [0.2, 0.25) is 5.02 Å². The Morgan fingerprint density at radius 3 is 2.59 bits per heavy atom. The first-order valence-corrected chi connectivity index (χ1v) is 11.2. The van der Waals surface area contributed by atoms with Crippen molar-refractivity contribution in [1.29, 1.82) is 0 Å². The van der Waals surface area contributed by atoms with Crippen LogP contribution in [0.15, 0.2) is 36.4 Å². The van der Waals surface area contributed by atoms with Crippen molar-refractivity contribution in [2.24, 2.45) is 0 Å². The van der Waals surface area contributed by atoms with Gasteiger partial charge in [0.15, 0.2) is 11.6 Å². The molecule has 2 aliphatic heterocycles. The van der Waals surface area contributed by atoms with Gasteiger partial charge in [-0.05, 0) is 48.7 Å². The van der Waals surface area contributed by atoms with Gasteiger partial charge in [0.1, 0.15) is 18.3 Å². The molecule has 0 saturated carbocycles. The normalized spacial score (nSPS) is 30.3. The van der Waals surface area contributed by atoms with Crippen LogP contribution >= 0.6 is 11.6 Å². The number of halogens is 2. The average Bonchev–Trinajstić information content (AvgIpc) is 3.20. The topological polar surface area (TPSA) is 109 Å². The summed E-state index contributed by atoms with van der Waals surface area (Å²) >= 11 is 6.40. The van der Waals surface area contributed by atoms with Gasteiger partial charge in [-0.25, -0.2) is 4.39 Å². The van der Waals surface area contributed by atoms with E-state index in [0.29, 0.717) is 28.3 Å². The van der Waals surface area contributed by atoms with Crippen molar-refractivity contribution in [3.05, 3.63) is 63.9 Å². The van der Waals surface area contributed by atoms with Gasteiger partial charge in [0.25, 0.3) is 5.91 Å². The summed E-state index contributed by atoms with van der Waals surface area (Å²) < 4.78 is 31.4. The fraction of sp³-hybridized carbons (Fsp3) is 0.458. The Balaban J connectivity index is 1.71. The van der Waals surface area contributed by atoms with E-state index in [2.05, 4.69) is 0 Å². The van der Waals surface area contributed by atoms with E-state index >= 15 is 0 Å². The Kier molecular flexibility index (Phi) is 6.63. The molecular weight excluding hydrogens is 469 g/mol. The van der Waals surface area contributed by atoms with Crippen molar-refractivity contribution >= 4 is 17.5 Å². The van der Waals surface area contributed by atoms with Crippen LogP contribution in [0.25, 0.3) is 0 Å². The predicted molar refractivity (Wildman–Crippen MR) is 120 cm³/mol. The number of nitrogens with zero attached hydrogens (tertiary/aromatic N) is 1. The van der Waals surface area contributed by atoms with E-state index in [-0.39, 0.29) is 18.8 Å². The van der Waals surface area contributed by atoms with Crippen molar-refractivity contribution in [2.45, 2.75) is 43.0 Å². The van der Waals surface area contributed by atoms with Gasteiger partial charge >= 0.3 is 0 Å². The molecule has 3 N–H and O–H groups in total. The molecule has 0 aliphatic carbocycles. The third kappa shape index (κ3) is 3.86. The van der Waals surface area contributed by atoms with Crippen molar-refractivity contribution < 1.29 is 38.7 Å². The van der Waals surface area contributed by atoms with E-state index in [1.807, 2.05) is 0 Å². The molecule has 2 saturated heterocycles. The Labute approximate surface area is 201 Å². The maximum atomic E-state index is 14.3. The van der Waals surface area contributed by atoms with Gasteiger partial charge in [-0.15, -0.1) is 0 Å². The number of ether oxygens (including phenoxy) is 3. The van der Waals surface area contributed by atoms with Crippen molar-refractivity contribution in [1.82, 2.24) is 4.90 Å². The van der Waals surface area contributed by atoms with Crippen LogP contribution in [0.3, 0.4) is 0 Å². The average molecular weight is 496 g/mol. The lowest BCUT2D eigenvalue weighted by Crippen LogP contribution is -2.68. The number of hydrogen-bond donors (Lipinski definition) is 3. The molecule has 2 aromatic carbocycles. The summed E-state index contributed by atoms with van der Waals surface area (Å²) in [4.78, 5) is 14.1. The molecular formula is C24H27ClFNO7. The highest BCUT2D eigenvalue weighted by molar-refractivity contribution is 6.31. The van der Waals surface area contributed by atoms with Crippen LogP contribution in [0, 0.1) is 5.82 Å².